The van der Waals surface area contributed by atoms with E-state index >= 15 is 0 Å². The average Bonchev–Trinajstić information content (AvgIpc) is 2.47. The van der Waals surface area contributed by atoms with Crippen molar-refractivity contribution in [2.24, 2.45) is 0 Å². The van der Waals surface area contributed by atoms with Crippen LogP contribution in [-0.2, 0) is 12.0 Å². The second-order valence-corrected chi connectivity index (χ2v) is 6.17. The maximum absolute atomic E-state index is 13.1. The van der Waals surface area contributed by atoms with Gasteiger partial charge in [0.05, 0.1) is 0 Å². The molecule has 0 saturated carbocycles. The molecule has 132 valence electrons. The quantitative estimate of drug-likeness (QED) is 0.768. The van der Waals surface area contributed by atoms with Crippen LogP contribution in [0.15, 0.2) is 18.2 Å². The number of hydrogen-bond donors (Lipinski definition) is 1. The summed E-state index contributed by atoms with van der Waals surface area (Å²) >= 11 is 0. The minimum absolute atomic E-state index is 0.320. The molecule has 2 aliphatic rings. The summed E-state index contributed by atoms with van der Waals surface area (Å²) in [6.45, 7) is 2.92. The highest BCUT2D eigenvalue weighted by molar-refractivity contribution is 5.82. The Balaban J connectivity index is 2.27. The molecule has 0 fully saturated rings. The first-order chi connectivity index (χ1) is 11.0. The van der Waals surface area contributed by atoms with Crippen molar-refractivity contribution in [3.63, 3.8) is 0 Å². The number of allylic oxidation sites excluding steroid dienone is 1. The molecule has 0 radical (unpaired) electrons. The summed E-state index contributed by atoms with van der Waals surface area (Å²) in [6.07, 6.45) is -8.95. The Morgan fingerprint density at radius 3 is 2.25 bits per heavy atom. The summed E-state index contributed by atoms with van der Waals surface area (Å²) in [5.74, 6) is 0. The monoisotopic (exact) mass is 351 g/mol. The summed E-state index contributed by atoms with van der Waals surface area (Å²) in [6, 6.07) is 1.67. The lowest BCUT2D eigenvalue weighted by Crippen LogP contribution is -2.54. The van der Waals surface area contributed by atoms with Crippen LogP contribution in [0.2, 0.25) is 0 Å². The van der Waals surface area contributed by atoms with Crippen LogP contribution in [0.25, 0.3) is 5.57 Å². The molecule has 1 aromatic rings. The van der Waals surface area contributed by atoms with Crippen molar-refractivity contribution in [3.05, 3.63) is 34.9 Å². The van der Waals surface area contributed by atoms with Crippen LogP contribution in [-0.4, -0.2) is 30.5 Å². The molecule has 24 heavy (non-hydrogen) atoms. The van der Waals surface area contributed by atoms with E-state index < -0.39 is 23.5 Å². The van der Waals surface area contributed by atoms with Crippen LogP contribution >= 0.6 is 0 Å². The Morgan fingerprint density at radius 1 is 1.04 bits per heavy atom. The summed E-state index contributed by atoms with van der Waals surface area (Å²) < 4.78 is 78.9. The maximum Gasteiger partial charge on any atom is 0.430 e. The van der Waals surface area contributed by atoms with Gasteiger partial charge in [-0.2, -0.15) is 26.3 Å². The Morgan fingerprint density at radius 2 is 1.67 bits per heavy atom. The van der Waals surface area contributed by atoms with Gasteiger partial charge in [0.2, 0.25) is 0 Å². The highest BCUT2D eigenvalue weighted by Crippen LogP contribution is 2.52. The fraction of sp³-hybridized carbons (Fsp3) is 0.500. The third kappa shape index (κ3) is 2.30. The van der Waals surface area contributed by atoms with Crippen LogP contribution in [0.5, 0.6) is 0 Å². The van der Waals surface area contributed by atoms with E-state index in [1.807, 2.05) is 4.90 Å². The van der Waals surface area contributed by atoms with Crippen LogP contribution in [0, 0.1) is 0 Å². The predicted molar refractivity (Wildman–Crippen MR) is 76.6 cm³/mol. The van der Waals surface area contributed by atoms with Gasteiger partial charge in [-0.3, -0.25) is 0 Å². The minimum atomic E-state index is -5.87. The molecule has 3 rings (SSSR count). The fourth-order valence-corrected chi connectivity index (χ4v) is 3.37. The van der Waals surface area contributed by atoms with Crippen LogP contribution < -0.4 is 4.90 Å². The number of nitrogens with zero attached hydrogens (tertiary/aromatic N) is 1. The first-order valence-electron chi connectivity index (χ1n) is 7.42. The van der Waals surface area contributed by atoms with Crippen LogP contribution in [0.4, 0.5) is 32.0 Å². The SMILES string of the molecule is CC1=CCN2CCCc3cc(C(O)(C(F)(F)F)C(F)(F)F)cc1c32. The highest BCUT2D eigenvalue weighted by atomic mass is 19.4. The van der Waals surface area contributed by atoms with E-state index in [0.29, 0.717) is 48.3 Å². The first-order valence-corrected chi connectivity index (χ1v) is 7.42. The number of aryl methyl sites for hydroxylation is 1. The van der Waals surface area contributed by atoms with Crippen molar-refractivity contribution in [3.8, 4) is 0 Å². The minimum Gasteiger partial charge on any atom is -0.369 e. The Labute approximate surface area is 134 Å². The third-order valence-corrected chi connectivity index (χ3v) is 4.66. The van der Waals surface area contributed by atoms with Crippen molar-refractivity contribution in [2.75, 3.05) is 18.0 Å². The van der Waals surface area contributed by atoms with E-state index in [9.17, 15) is 31.4 Å². The molecule has 2 heterocycles. The van der Waals surface area contributed by atoms with Crippen molar-refractivity contribution < 1.29 is 31.4 Å². The molecule has 2 aliphatic heterocycles. The van der Waals surface area contributed by atoms with Crippen molar-refractivity contribution in [1.29, 1.82) is 0 Å². The first kappa shape index (κ1) is 17.1. The van der Waals surface area contributed by atoms with E-state index in [-0.39, 0.29) is 0 Å². The lowest BCUT2D eigenvalue weighted by Gasteiger charge is -2.38. The maximum atomic E-state index is 13.1. The third-order valence-electron chi connectivity index (χ3n) is 4.66. The van der Waals surface area contributed by atoms with E-state index in [0.717, 1.165) is 12.1 Å². The molecule has 0 amide bonds. The second kappa shape index (κ2) is 5.15. The van der Waals surface area contributed by atoms with Gasteiger partial charge in [0, 0.05) is 29.9 Å². The molecule has 1 aromatic carbocycles. The van der Waals surface area contributed by atoms with Crippen LogP contribution in [0.3, 0.4) is 0 Å². The molecule has 1 N–H and O–H groups in total. The number of alkyl halides is 6. The van der Waals surface area contributed by atoms with Gasteiger partial charge in [-0.25, -0.2) is 0 Å². The van der Waals surface area contributed by atoms with Gasteiger partial charge >= 0.3 is 12.4 Å². The van der Waals surface area contributed by atoms with E-state index in [2.05, 4.69) is 0 Å². The summed E-state index contributed by atoms with van der Waals surface area (Å²) in [5, 5.41) is 9.66. The van der Waals surface area contributed by atoms with E-state index in [4.69, 9.17) is 0 Å². The highest BCUT2D eigenvalue weighted by Gasteiger charge is 2.71. The van der Waals surface area contributed by atoms with Gasteiger partial charge in [0.1, 0.15) is 0 Å². The molecular weight excluding hydrogens is 336 g/mol. The van der Waals surface area contributed by atoms with Crippen molar-refractivity contribution in [1.82, 2.24) is 0 Å². The average molecular weight is 351 g/mol. The standard InChI is InChI=1S/C16H15F6NO/c1-9-4-6-23-5-2-3-10-7-11(8-12(9)13(10)23)14(24,15(17,18)19)16(20,21)22/h4,7-8,24H,2-3,5-6H2,1H3. The smallest absolute Gasteiger partial charge is 0.369 e. The zero-order valence-corrected chi connectivity index (χ0v) is 12.7. The van der Waals surface area contributed by atoms with Gasteiger partial charge in [-0.05, 0) is 37.0 Å². The molecule has 0 spiro atoms. The van der Waals surface area contributed by atoms with Gasteiger partial charge in [-0.15, -0.1) is 0 Å². The summed E-state index contributed by atoms with van der Waals surface area (Å²) in [7, 11) is 0. The number of rotatable bonds is 1. The zero-order valence-electron chi connectivity index (χ0n) is 12.7. The van der Waals surface area contributed by atoms with Gasteiger partial charge in [0.15, 0.2) is 0 Å². The summed E-state index contributed by atoms with van der Waals surface area (Å²) in [5.41, 5.74) is -4.04. The number of halogens is 6. The molecular formula is C16H15F6NO. The van der Waals surface area contributed by atoms with Gasteiger partial charge < -0.3 is 10.0 Å². The number of benzene rings is 1. The van der Waals surface area contributed by atoms with Gasteiger partial charge in [-0.1, -0.05) is 12.1 Å². The lowest BCUT2D eigenvalue weighted by molar-refractivity contribution is -0.376. The largest absolute Gasteiger partial charge is 0.430 e. The molecule has 0 bridgehead atoms. The van der Waals surface area contributed by atoms with Crippen molar-refractivity contribution >= 4 is 11.3 Å². The summed E-state index contributed by atoms with van der Waals surface area (Å²) in [4.78, 5) is 1.94. The van der Waals surface area contributed by atoms with Crippen LogP contribution in [0.1, 0.15) is 30.0 Å². The molecule has 0 saturated heterocycles. The Kier molecular flexibility index (Phi) is 3.67. The predicted octanol–water partition coefficient (Wildman–Crippen LogP) is 4.17. The number of hydrogen-bond acceptors (Lipinski definition) is 2. The fourth-order valence-electron chi connectivity index (χ4n) is 3.37. The number of anilines is 1. The normalized spacial score (nSPS) is 18.3. The lowest BCUT2D eigenvalue weighted by atomic mass is 9.83. The van der Waals surface area contributed by atoms with E-state index in [1.54, 1.807) is 13.0 Å². The number of aliphatic hydroxyl groups is 1. The van der Waals surface area contributed by atoms with Crippen molar-refractivity contribution in [2.45, 2.75) is 37.7 Å². The topological polar surface area (TPSA) is 23.5 Å². The molecule has 8 heteroatoms. The zero-order chi connectivity index (χ0) is 17.9. The Bertz CT molecular complexity index is 690. The van der Waals surface area contributed by atoms with E-state index in [1.165, 1.54) is 0 Å². The molecule has 0 aromatic heterocycles. The Hall–Kier alpha value is -1.70. The van der Waals surface area contributed by atoms with Gasteiger partial charge in [0.25, 0.3) is 5.60 Å². The molecule has 0 aliphatic carbocycles. The molecule has 2 nitrogen and oxygen atoms in total. The second-order valence-electron chi connectivity index (χ2n) is 6.17. The molecule has 0 atom stereocenters. The molecule has 0 unspecified atom stereocenters.